The average molecular weight is 445 g/mol. The molecule has 0 saturated heterocycles. The first-order valence-corrected chi connectivity index (χ1v) is 8.99. The van der Waals surface area contributed by atoms with E-state index in [1.54, 1.807) is 24.3 Å². The molecule has 12 heteroatoms. The zero-order chi connectivity index (χ0) is 23.0. The third-order valence-electron chi connectivity index (χ3n) is 4.41. The Hall–Kier alpha value is -4.35. The lowest BCUT2D eigenvalue weighted by Gasteiger charge is -2.10. The SMILES string of the molecule is COc1cccc(-n2c(=O)[nH]c3c(C(N)=O)nc(-c4cccc(OC(F)(F)F)c4)nc32)c1. The van der Waals surface area contributed by atoms with Crippen LogP contribution in [0.15, 0.2) is 53.3 Å². The van der Waals surface area contributed by atoms with Crippen molar-refractivity contribution < 1.29 is 27.4 Å². The number of nitrogens with two attached hydrogens (primary N) is 1. The maximum atomic E-state index is 12.7. The van der Waals surface area contributed by atoms with Gasteiger partial charge in [-0.3, -0.25) is 4.79 Å². The van der Waals surface area contributed by atoms with Crippen molar-refractivity contribution in [3.05, 3.63) is 64.7 Å². The fourth-order valence-electron chi connectivity index (χ4n) is 3.11. The van der Waals surface area contributed by atoms with Gasteiger partial charge in [-0.05, 0) is 24.3 Å². The number of benzene rings is 2. The first-order valence-electron chi connectivity index (χ1n) is 8.99. The van der Waals surface area contributed by atoms with Crippen molar-refractivity contribution in [1.29, 1.82) is 0 Å². The van der Waals surface area contributed by atoms with E-state index in [0.717, 1.165) is 12.1 Å². The zero-order valence-corrected chi connectivity index (χ0v) is 16.3. The molecular weight excluding hydrogens is 431 g/mol. The molecule has 0 saturated carbocycles. The number of ether oxygens (including phenoxy) is 2. The quantitative estimate of drug-likeness (QED) is 0.487. The molecule has 9 nitrogen and oxygen atoms in total. The van der Waals surface area contributed by atoms with Crippen molar-refractivity contribution in [3.8, 4) is 28.6 Å². The van der Waals surface area contributed by atoms with E-state index in [-0.39, 0.29) is 28.2 Å². The van der Waals surface area contributed by atoms with Crippen molar-refractivity contribution in [1.82, 2.24) is 19.5 Å². The standard InChI is InChI=1S/C20H14F3N5O4/c1-31-12-6-3-5-11(9-12)28-18-15(26-19(28)30)14(16(24)29)25-17(27-18)10-4-2-7-13(8-10)32-20(21,22)23/h2-9H,1H3,(H2,24,29)(H,26,30). The van der Waals surface area contributed by atoms with Crippen LogP contribution in [-0.2, 0) is 0 Å². The fourth-order valence-corrected chi connectivity index (χ4v) is 3.11. The summed E-state index contributed by atoms with van der Waals surface area (Å²) in [6, 6.07) is 11.4. The maximum Gasteiger partial charge on any atom is 0.573 e. The Labute approximate surface area is 177 Å². The Morgan fingerprint density at radius 2 is 1.81 bits per heavy atom. The summed E-state index contributed by atoms with van der Waals surface area (Å²) in [6.45, 7) is 0. The molecule has 0 aliphatic heterocycles. The number of carbonyl (C=O) groups is 1. The van der Waals surface area contributed by atoms with Gasteiger partial charge in [-0.2, -0.15) is 0 Å². The van der Waals surface area contributed by atoms with Crippen molar-refractivity contribution >= 4 is 17.1 Å². The number of nitrogens with zero attached hydrogens (tertiary/aromatic N) is 3. The summed E-state index contributed by atoms with van der Waals surface area (Å²) in [6.07, 6.45) is -4.89. The van der Waals surface area contributed by atoms with Crippen LogP contribution in [0, 0.1) is 0 Å². The highest BCUT2D eigenvalue weighted by Crippen LogP contribution is 2.28. The molecule has 4 rings (SSSR count). The zero-order valence-electron chi connectivity index (χ0n) is 16.3. The van der Waals surface area contributed by atoms with E-state index in [1.807, 2.05) is 0 Å². The van der Waals surface area contributed by atoms with Crippen LogP contribution in [0.5, 0.6) is 11.5 Å². The monoisotopic (exact) mass is 445 g/mol. The van der Waals surface area contributed by atoms with E-state index in [2.05, 4.69) is 19.7 Å². The van der Waals surface area contributed by atoms with E-state index in [4.69, 9.17) is 10.5 Å². The minimum absolute atomic E-state index is 0.00389. The number of H-pyrrole nitrogens is 1. The number of fused-ring (bicyclic) bond motifs is 1. The molecule has 0 aliphatic rings. The summed E-state index contributed by atoms with van der Waals surface area (Å²) in [4.78, 5) is 35.6. The largest absolute Gasteiger partial charge is 0.573 e. The highest BCUT2D eigenvalue weighted by atomic mass is 19.4. The molecule has 4 aromatic rings. The number of halogens is 3. The normalized spacial score (nSPS) is 11.5. The number of alkyl halides is 3. The summed E-state index contributed by atoms with van der Waals surface area (Å²) in [5, 5.41) is 0. The Morgan fingerprint density at radius 3 is 2.50 bits per heavy atom. The minimum atomic E-state index is -4.89. The van der Waals surface area contributed by atoms with E-state index in [1.165, 1.54) is 23.8 Å². The molecule has 0 radical (unpaired) electrons. The lowest BCUT2D eigenvalue weighted by Crippen LogP contribution is -2.17. The third kappa shape index (κ3) is 3.97. The van der Waals surface area contributed by atoms with Gasteiger partial charge in [0, 0.05) is 11.6 Å². The predicted octanol–water partition coefficient (Wildman–Crippen LogP) is 2.78. The molecule has 32 heavy (non-hydrogen) atoms. The highest BCUT2D eigenvalue weighted by molar-refractivity contribution is 6.02. The van der Waals surface area contributed by atoms with Crippen molar-refractivity contribution in [2.75, 3.05) is 7.11 Å². The topological polar surface area (TPSA) is 125 Å². The number of amides is 1. The summed E-state index contributed by atoms with van der Waals surface area (Å²) in [7, 11) is 1.46. The van der Waals surface area contributed by atoms with Crippen molar-refractivity contribution in [2.45, 2.75) is 6.36 Å². The average Bonchev–Trinajstić information content (AvgIpc) is 3.07. The number of methoxy groups -OCH3 is 1. The fraction of sp³-hybridized carbons (Fsp3) is 0.100. The number of aromatic amines is 1. The molecule has 2 aromatic heterocycles. The molecule has 2 heterocycles. The first kappa shape index (κ1) is 20.9. The number of aromatic nitrogens is 4. The van der Waals surface area contributed by atoms with Crippen LogP contribution in [0.1, 0.15) is 10.5 Å². The predicted molar refractivity (Wildman–Crippen MR) is 107 cm³/mol. The van der Waals surface area contributed by atoms with Crippen LogP contribution in [0.25, 0.3) is 28.2 Å². The highest BCUT2D eigenvalue weighted by Gasteiger charge is 2.31. The maximum absolute atomic E-state index is 12.7. The van der Waals surface area contributed by atoms with Crippen LogP contribution in [0.4, 0.5) is 13.2 Å². The number of carbonyl (C=O) groups excluding carboxylic acids is 1. The second-order valence-electron chi connectivity index (χ2n) is 6.50. The van der Waals surface area contributed by atoms with Gasteiger partial charge in [-0.1, -0.05) is 18.2 Å². The molecule has 0 spiro atoms. The van der Waals surface area contributed by atoms with Gasteiger partial charge in [0.1, 0.15) is 17.0 Å². The summed E-state index contributed by atoms with van der Waals surface area (Å²) < 4.78 is 48.1. The number of hydrogen-bond donors (Lipinski definition) is 2. The second-order valence-corrected chi connectivity index (χ2v) is 6.50. The molecule has 0 atom stereocenters. The molecule has 164 valence electrons. The Kier molecular flexibility index (Phi) is 5.04. The number of hydrogen-bond acceptors (Lipinski definition) is 6. The van der Waals surface area contributed by atoms with E-state index in [0.29, 0.717) is 11.4 Å². The first-order chi connectivity index (χ1) is 15.2. The Bertz CT molecular complexity index is 1390. The molecule has 3 N–H and O–H groups in total. The molecule has 0 aliphatic carbocycles. The summed E-state index contributed by atoms with van der Waals surface area (Å²) in [5.74, 6) is -1.13. The van der Waals surface area contributed by atoms with Gasteiger partial charge in [0.2, 0.25) is 0 Å². The third-order valence-corrected chi connectivity index (χ3v) is 4.41. The molecule has 0 unspecified atom stereocenters. The van der Waals surface area contributed by atoms with Gasteiger partial charge >= 0.3 is 12.1 Å². The lowest BCUT2D eigenvalue weighted by atomic mass is 10.2. The van der Waals surface area contributed by atoms with Crippen LogP contribution < -0.4 is 20.9 Å². The summed E-state index contributed by atoms with van der Waals surface area (Å²) >= 11 is 0. The molecular formula is C20H14F3N5O4. The smallest absolute Gasteiger partial charge is 0.497 e. The van der Waals surface area contributed by atoms with Gasteiger partial charge in [-0.15, -0.1) is 13.2 Å². The molecule has 1 amide bonds. The van der Waals surface area contributed by atoms with Crippen LogP contribution in [0.2, 0.25) is 0 Å². The lowest BCUT2D eigenvalue weighted by molar-refractivity contribution is -0.274. The van der Waals surface area contributed by atoms with Crippen molar-refractivity contribution in [2.24, 2.45) is 5.73 Å². The van der Waals surface area contributed by atoms with Crippen molar-refractivity contribution in [3.63, 3.8) is 0 Å². The van der Waals surface area contributed by atoms with Crippen LogP contribution in [-0.4, -0.2) is 38.9 Å². The second kappa shape index (κ2) is 7.72. The Balaban J connectivity index is 1.95. The molecule has 0 bridgehead atoms. The number of rotatable bonds is 5. The van der Waals surface area contributed by atoms with Crippen LogP contribution >= 0.6 is 0 Å². The van der Waals surface area contributed by atoms with E-state index in [9.17, 15) is 22.8 Å². The van der Waals surface area contributed by atoms with E-state index >= 15 is 0 Å². The van der Waals surface area contributed by atoms with Gasteiger partial charge in [0.25, 0.3) is 5.91 Å². The number of imidazole rings is 1. The minimum Gasteiger partial charge on any atom is -0.497 e. The van der Waals surface area contributed by atoms with Crippen LogP contribution in [0.3, 0.4) is 0 Å². The van der Waals surface area contributed by atoms with Gasteiger partial charge in [0.05, 0.1) is 12.8 Å². The van der Waals surface area contributed by atoms with Gasteiger partial charge < -0.3 is 20.2 Å². The number of nitrogens with one attached hydrogen (secondary N) is 1. The molecule has 0 fully saturated rings. The van der Waals surface area contributed by atoms with Gasteiger partial charge in [0.15, 0.2) is 17.2 Å². The van der Waals surface area contributed by atoms with E-state index < -0.39 is 23.7 Å². The Morgan fingerprint density at radius 1 is 1.09 bits per heavy atom. The summed E-state index contributed by atoms with van der Waals surface area (Å²) in [5.41, 5.74) is 4.97. The van der Waals surface area contributed by atoms with Gasteiger partial charge in [-0.25, -0.2) is 19.3 Å². The number of primary amides is 1. The molecule has 2 aromatic carbocycles.